The number of benzene rings is 1. The van der Waals surface area contributed by atoms with Crippen molar-refractivity contribution in [3.8, 4) is 0 Å². The van der Waals surface area contributed by atoms with E-state index < -0.39 is 0 Å². The largest absolute Gasteiger partial charge is 0.466 e. The third kappa shape index (κ3) is 6.74. The van der Waals surface area contributed by atoms with E-state index in [1.807, 2.05) is 50.2 Å². The third-order valence-electron chi connectivity index (χ3n) is 3.52. The fourth-order valence-electron chi connectivity index (χ4n) is 2.24. The predicted molar refractivity (Wildman–Crippen MR) is 89.4 cm³/mol. The number of ether oxygens (including phenoxy) is 1. The number of hydrogen-bond donors (Lipinski definition) is 0. The summed E-state index contributed by atoms with van der Waals surface area (Å²) in [4.78, 5) is 25.3. The summed E-state index contributed by atoms with van der Waals surface area (Å²) in [5.74, 6) is 0.0631. The number of esters is 1. The Balaban J connectivity index is 2.23. The zero-order chi connectivity index (χ0) is 16.4. The summed E-state index contributed by atoms with van der Waals surface area (Å²) in [7, 11) is 3.93. The van der Waals surface area contributed by atoms with E-state index in [0.717, 1.165) is 36.9 Å². The van der Waals surface area contributed by atoms with Crippen molar-refractivity contribution in [3.05, 3.63) is 29.8 Å². The summed E-state index contributed by atoms with van der Waals surface area (Å²) >= 11 is 0. The zero-order valence-corrected chi connectivity index (χ0v) is 13.9. The van der Waals surface area contributed by atoms with E-state index in [1.165, 1.54) is 0 Å². The van der Waals surface area contributed by atoms with Crippen molar-refractivity contribution in [2.75, 3.05) is 25.6 Å². The minimum Gasteiger partial charge on any atom is -0.466 e. The number of nitrogens with zero attached hydrogens (tertiary/aromatic N) is 1. The third-order valence-corrected chi connectivity index (χ3v) is 3.52. The van der Waals surface area contributed by atoms with E-state index in [1.54, 1.807) is 0 Å². The van der Waals surface area contributed by atoms with Crippen molar-refractivity contribution in [1.29, 1.82) is 0 Å². The summed E-state index contributed by atoms with van der Waals surface area (Å²) in [5, 5.41) is 0. The van der Waals surface area contributed by atoms with Gasteiger partial charge in [0.15, 0.2) is 5.78 Å². The molecule has 0 saturated carbocycles. The van der Waals surface area contributed by atoms with E-state index in [2.05, 4.69) is 0 Å². The van der Waals surface area contributed by atoms with Gasteiger partial charge in [0, 0.05) is 38.2 Å². The highest BCUT2D eigenvalue weighted by molar-refractivity contribution is 5.96. The number of Topliss-reactive ketones (excluding diaryl/α,β-unsaturated/α-hetero) is 1. The number of unbranched alkanes of at least 4 members (excludes halogenated alkanes) is 3. The smallest absolute Gasteiger partial charge is 0.305 e. The van der Waals surface area contributed by atoms with Gasteiger partial charge in [0.1, 0.15) is 0 Å². The molecule has 122 valence electrons. The van der Waals surface area contributed by atoms with Gasteiger partial charge in [-0.1, -0.05) is 25.0 Å². The van der Waals surface area contributed by atoms with Gasteiger partial charge < -0.3 is 9.64 Å². The van der Waals surface area contributed by atoms with Crippen LogP contribution in [-0.2, 0) is 9.53 Å². The number of carbonyl (C=O) groups excluding carboxylic acids is 2. The molecule has 1 aromatic rings. The molecular formula is C18H27NO3. The maximum Gasteiger partial charge on any atom is 0.305 e. The van der Waals surface area contributed by atoms with Gasteiger partial charge in [-0.3, -0.25) is 9.59 Å². The molecule has 0 heterocycles. The highest BCUT2D eigenvalue weighted by Gasteiger charge is 2.07. The van der Waals surface area contributed by atoms with Crippen LogP contribution in [0.5, 0.6) is 0 Å². The maximum atomic E-state index is 12.2. The molecule has 0 spiro atoms. The van der Waals surface area contributed by atoms with Crippen LogP contribution in [0.1, 0.15) is 55.8 Å². The molecule has 22 heavy (non-hydrogen) atoms. The summed E-state index contributed by atoms with van der Waals surface area (Å²) in [6.07, 6.45) is 4.68. The minimum absolute atomic E-state index is 0.126. The molecule has 1 rings (SSSR count). The van der Waals surface area contributed by atoms with Crippen molar-refractivity contribution >= 4 is 17.4 Å². The topological polar surface area (TPSA) is 46.6 Å². The Kier molecular flexibility index (Phi) is 8.26. The van der Waals surface area contributed by atoms with Gasteiger partial charge in [-0.2, -0.15) is 0 Å². The van der Waals surface area contributed by atoms with Crippen molar-refractivity contribution in [2.45, 2.75) is 45.4 Å². The Morgan fingerprint density at radius 3 is 2.36 bits per heavy atom. The molecule has 0 N–H and O–H groups in total. The molecule has 4 heteroatoms. The lowest BCUT2D eigenvalue weighted by atomic mass is 10.0. The molecule has 0 radical (unpaired) electrons. The normalized spacial score (nSPS) is 10.3. The molecule has 1 aromatic carbocycles. The first-order chi connectivity index (χ1) is 10.5. The Morgan fingerprint density at radius 1 is 1.05 bits per heavy atom. The SMILES string of the molecule is CCOC(=O)CCCCCCC(=O)c1cccc(N(C)C)c1. The lowest BCUT2D eigenvalue weighted by molar-refractivity contribution is -0.143. The summed E-state index contributed by atoms with van der Waals surface area (Å²) in [6, 6.07) is 7.72. The first kappa shape index (κ1) is 18.2. The van der Waals surface area contributed by atoms with Gasteiger partial charge in [0.05, 0.1) is 6.61 Å². The van der Waals surface area contributed by atoms with E-state index in [4.69, 9.17) is 4.74 Å². The highest BCUT2D eigenvalue weighted by atomic mass is 16.5. The Morgan fingerprint density at radius 2 is 1.73 bits per heavy atom. The molecule has 0 unspecified atom stereocenters. The van der Waals surface area contributed by atoms with Gasteiger partial charge in [0.25, 0.3) is 0 Å². The van der Waals surface area contributed by atoms with E-state index in [-0.39, 0.29) is 11.8 Å². The van der Waals surface area contributed by atoms with Crippen LogP contribution in [0.3, 0.4) is 0 Å². The molecule has 0 amide bonds. The number of anilines is 1. The quantitative estimate of drug-likeness (QED) is 0.374. The van der Waals surface area contributed by atoms with Crippen LogP contribution in [0.25, 0.3) is 0 Å². The lowest BCUT2D eigenvalue weighted by Gasteiger charge is -2.13. The Hall–Kier alpha value is -1.84. The van der Waals surface area contributed by atoms with Crippen LogP contribution in [0.15, 0.2) is 24.3 Å². The van der Waals surface area contributed by atoms with Crippen LogP contribution in [0.4, 0.5) is 5.69 Å². The molecule has 4 nitrogen and oxygen atoms in total. The molecule has 0 atom stereocenters. The van der Waals surface area contributed by atoms with Crippen LogP contribution in [-0.4, -0.2) is 32.5 Å². The van der Waals surface area contributed by atoms with Gasteiger partial charge in [0.2, 0.25) is 0 Å². The molecule has 0 aromatic heterocycles. The van der Waals surface area contributed by atoms with E-state index >= 15 is 0 Å². The molecule has 0 fully saturated rings. The number of carbonyl (C=O) groups is 2. The standard InChI is InChI=1S/C18H27NO3/c1-4-22-18(21)13-8-6-5-7-12-17(20)15-10-9-11-16(14-15)19(2)3/h9-11,14H,4-8,12-13H2,1-3H3. The second kappa shape index (κ2) is 9.98. The molecule has 0 bridgehead atoms. The summed E-state index contributed by atoms with van der Waals surface area (Å²) in [5.41, 5.74) is 1.82. The molecule has 0 saturated heterocycles. The number of ketones is 1. The van der Waals surface area contributed by atoms with Crippen LogP contribution in [0, 0.1) is 0 Å². The van der Waals surface area contributed by atoms with Crippen LogP contribution in [0.2, 0.25) is 0 Å². The number of rotatable bonds is 10. The van der Waals surface area contributed by atoms with Crippen molar-refractivity contribution in [1.82, 2.24) is 0 Å². The van der Waals surface area contributed by atoms with Crippen LogP contribution < -0.4 is 4.90 Å². The highest BCUT2D eigenvalue weighted by Crippen LogP contribution is 2.16. The first-order valence-electron chi connectivity index (χ1n) is 8.00. The Labute approximate surface area is 133 Å². The lowest BCUT2D eigenvalue weighted by Crippen LogP contribution is -2.09. The second-order valence-corrected chi connectivity index (χ2v) is 5.59. The van der Waals surface area contributed by atoms with Gasteiger partial charge >= 0.3 is 5.97 Å². The fraction of sp³-hybridized carbons (Fsp3) is 0.556. The van der Waals surface area contributed by atoms with Gasteiger partial charge in [-0.05, 0) is 31.9 Å². The van der Waals surface area contributed by atoms with Crippen molar-refractivity contribution < 1.29 is 14.3 Å². The predicted octanol–water partition coefficient (Wildman–Crippen LogP) is 3.84. The Bertz CT molecular complexity index is 483. The zero-order valence-electron chi connectivity index (χ0n) is 13.9. The average Bonchev–Trinajstić information content (AvgIpc) is 2.50. The molecule has 0 aliphatic heterocycles. The number of hydrogen-bond acceptors (Lipinski definition) is 4. The van der Waals surface area contributed by atoms with Crippen molar-refractivity contribution in [2.24, 2.45) is 0 Å². The molecule has 0 aliphatic rings. The fourth-order valence-corrected chi connectivity index (χ4v) is 2.24. The summed E-state index contributed by atoms with van der Waals surface area (Å²) < 4.78 is 4.88. The molecular weight excluding hydrogens is 278 g/mol. The second-order valence-electron chi connectivity index (χ2n) is 5.59. The maximum absolute atomic E-state index is 12.2. The minimum atomic E-state index is -0.126. The van der Waals surface area contributed by atoms with E-state index in [9.17, 15) is 9.59 Å². The van der Waals surface area contributed by atoms with Gasteiger partial charge in [-0.15, -0.1) is 0 Å². The van der Waals surface area contributed by atoms with Gasteiger partial charge in [-0.25, -0.2) is 0 Å². The first-order valence-corrected chi connectivity index (χ1v) is 8.00. The monoisotopic (exact) mass is 305 g/mol. The molecule has 0 aliphatic carbocycles. The summed E-state index contributed by atoms with van der Waals surface area (Å²) in [6.45, 7) is 2.26. The van der Waals surface area contributed by atoms with Crippen LogP contribution >= 0.6 is 0 Å². The van der Waals surface area contributed by atoms with Crippen molar-refractivity contribution in [3.63, 3.8) is 0 Å². The average molecular weight is 305 g/mol. The van der Waals surface area contributed by atoms with E-state index in [0.29, 0.717) is 19.4 Å².